The van der Waals surface area contributed by atoms with Crippen molar-refractivity contribution in [2.24, 2.45) is 0 Å². The number of sulfonamides is 1. The Balaban J connectivity index is 1.58. The number of rotatable bonds is 6. The third-order valence-corrected chi connectivity index (χ3v) is 7.24. The van der Waals surface area contributed by atoms with Crippen LogP contribution >= 0.6 is 0 Å². The second-order valence-corrected chi connectivity index (χ2v) is 9.32. The van der Waals surface area contributed by atoms with E-state index in [1.807, 2.05) is 30.5 Å². The van der Waals surface area contributed by atoms with E-state index in [0.29, 0.717) is 49.8 Å². The molecule has 0 saturated carbocycles. The summed E-state index contributed by atoms with van der Waals surface area (Å²) in [5.41, 5.74) is 2.89. The molecule has 1 saturated heterocycles. The van der Waals surface area contributed by atoms with E-state index in [4.69, 9.17) is 9.47 Å². The van der Waals surface area contributed by atoms with E-state index in [9.17, 15) is 13.2 Å². The van der Waals surface area contributed by atoms with E-state index in [1.54, 1.807) is 30.3 Å². The minimum absolute atomic E-state index is 0.000771. The lowest BCUT2D eigenvalue weighted by Crippen LogP contribution is -2.40. The van der Waals surface area contributed by atoms with Gasteiger partial charge in [-0.05, 0) is 44.2 Å². The largest absolute Gasteiger partial charge is 0.454 e. The normalized spacial score (nSPS) is 15.3. The molecule has 4 rings (SSSR count). The van der Waals surface area contributed by atoms with E-state index in [2.05, 4.69) is 4.98 Å². The van der Waals surface area contributed by atoms with E-state index < -0.39 is 16.0 Å². The van der Waals surface area contributed by atoms with Crippen molar-refractivity contribution < 1.29 is 22.7 Å². The molecule has 0 spiro atoms. The minimum atomic E-state index is -3.61. The Morgan fingerprint density at radius 1 is 1.13 bits per heavy atom. The molecule has 2 heterocycles. The molecular formula is C22H25N3O5S. The van der Waals surface area contributed by atoms with Crippen LogP contribution in [0.3, 0.4) is 0 Å². The van der Waals surface area contributed by atoms with Crippen LogP contribution in [0.2, 0.25) is 0 Å². The van der Waals surface area contributed by atoms with Gasteiger partial charge in [0.25, 0.3) is 0 Å². The van der Waals surface area contributed by atoms with Gasteiger partial charge in [-0.1, -0.05) is 17.7 Å². The summed E-state index contributed by atoms with van der Waals surface area (Å²) in [4.78, 5) is 17.1. The second kappa shape index (κ2) is 8.78. The predicted octanol–water partition coefficient (Wildman–Crippen LogP) is 2.74. The first-order chi connectivity index (χ1) is 14.9. The zero-order valence-corrected chi connectivity index (χ0v) is 18.4. The summed E-state index contributed by atoms with van der Waals surface area (Å²) in [6.07, 6.45) is 0. The number of carbonyl (C=O) groups is 1. The molecule has 8 nitrogen and oxygen atoms in total. The highest BCUT2D eigenvalue weighted by Crippen LogP contribution is 2.24. The maximum Gasteiger partial charge on any atom is 0.338 e. The third-order valence-electron chi connectivity index (χ3n) is 5.34. The van der Waals surface area contributed by atoms with Gasteiger partial charge in [0.1, 0.15) is 12.4 Å². The van der Waals surface area contributed by atoms with Gasteiger partial charge in [-0.25, -0.2) is 18.2 Å². The quantitative estimate of drug-likeness (QED) is 0.544. The number of aromatic nitrogens is 2. The zero-order chi connectivity index (χ0) is 22.0. The van der Waals surface area contributed by atoms with Crippen LogP contribution in [0.4, 0.5) is 0 Å². The predicted molar refractivity (Wildman–Crippen MR) is 115 cm³/mol. The fraction of sp³-hybridized carbons (Fsp3) is 0.364. The molecule has 164 valence electrons. The molecule has 0 aliphatic carbocycles. The molecule has 0 unspecified atom stereocenters. The van der Waals surface area contributed by atoms with Gasteiger partial charge < -0.3 is 14.0 Å². The van der Waals surface area contributed by atoms with Gasteiger partial charge in [0.05, 0.1) is 34.7 Å². The molecule has 0 N–H and O–H groups in total. The highest BCUT2D eigenvalue weighted by atomic mass is 32.2. The number of esters is 1. The van der Waals surface area contributed by atoms with Crippen molar-refractivity contribution in [3.05, 3.63) is 59.4 Å². The molecule has 9 heteroatoms. The summed E-state index contributed by atoms with van der Waals surface area (Å²) in [5, 5.41) is 0. The SMILES string of the molecule is CCn1c(COC(=O)c2ccc(C)cc2)nc2cc(S(=O)(=O)N3CCOCC3)ccc21. The number of fused-ring (bicyclic) bond motifs is 1. The molecule has 1 aromatic heterocycles. The van der Waals surface area contributed by atoms with Gasteiger partial charge in [0, 0.05) is 19.6 Å². The topological polar surface area (TPSA) is 90.7 Å². The summed E-state index contributed by atoms with van der Waals surface area (Å²) in [6, 6.07) is 12.1. The van der Waals surface area contributed by atoms with E-state index >= 15 is 0 Å². The van der Waals surface area contributed by atoms with Crippen molar-refractivity contribution >= 4 is 27.0 Å². The molecule has 2 aromatic carbocycles. The fourth-order valence-corrected chi connectivity index (χ4v) is 5.05. The lowest BCUT2D eigenvalue weighted by atomic mass is 10.1. The lowest BCUT2D eigenvalue weighted by Gasteiger charge is -2.26. The molecule has 0 atom stereocenters. The number of nitrogens with zero attached hydrogens (tertiary/aromatic N) is 3. The number of morpholine rings is 1. The number of benzene rings is 2. The second-order valence-electron chi connectivity index (χ2n) is 7.38. The van der Waals surface area contributed by atoms with Crippen molar-refractivity contribution in [2.75, 3.05) is 26.3 Å². The maximum absolute atomic E-state index is 13.0. The molecule has 0 bridgehead atoms. The Hall–Kier alpha value is -2.75. The summed E-state index contributed by atoms with van der Waals surface area (Å²) < 4.78 is 40.0. The number of ether oxygens (including phenoxy) is 2. The minimum Gasteiger partial charge on any atom is -0.454 e. The first-order valence-corrected chi connectivity index (χ1v) is 11.6. The molecule has 1 fully saturated rings. The zero-order valence-electron chi connectivity index (χ0n) is 17.6. The Labute approximate surface area is 181 Å². The van der Waals surface area contributed by atoms with E-state index in [0.717, 1.165) is 11.1 Å². The van der Waals surface area contributed by atoms with Crippen molar-refractivity contribution in [1.29, 1.82) is 0 Å². The Bertz CT molecular complexity index is 1200. The molecular weight excluding hydrogens is 418 g/mol. The molecule has 1 aliphatic heterocycles. The van der Waals surface area contributed by atoms with Crippen molar-refractivity contribution in [3.63, 3.8) is 0 Å². The summed E-state index contributed by atoms with van der Waals surface area (Å²) in [6.45, 7) is 5.99. The highest BCUT2D eigenvalue weighted by Gasteiger charge is 2.27. The van der Waals surface area contributed by atoms with Gasteiger partial charge in [0.15, 0.2) is 0 Å². The van der Waals surface area contributed by atoms with Crippen LogP contribution in [-0.2, 0) is 32.6 Å². The van der Waals surface area contributed by atoms with Gasteiger partial charge in [-0.3, -0.25) is 0 Å². The number of imidazole rings is 1. The van der Waals surface area contributed by atoms with Crippen molar-refractivity contribution in [2.45, 2.75) is 31.9 Å². The molecule has 0 radical (unpaired) electrons. The van der Waals surface area contributed by atoms with Crippen LogP contribution in [0.1, 0.15) is 28.7 Å². The lowest BCUT2D eigenvalue weighted by molar-refractivity contribution is 0.0458. The van der Waals surface area contributed by atoms with Crippen molar-refractivity contribution in [3.8, 4) is 0 Å². The molecule has 3 aromatic rings. The Morgan fingerprint density at radius 3 is 2.52 bits per heavy atom. The number of hydrogen-bond donors (Lipinski definition) is 0. The molecule has 31 heavy (non-hydrogen) atoms. The van der Waals surface area contributed by atoms with Crippen LogP contribution < -0.4 is 0 Å². The van der Waals surface area contributed by atoms with Crippen LogP contribution in [0.5, 0.6) is 0 Å². The average molecular weight is 444 g/mol. The monoisotopic (exact) mass is 443 g/mol. The number of hydrogen-bond acceptors (Lipinski definition) is 6. The first kappa shape index (κ1) is 21.5. The van der Waals surface area contributed by atoms with Crippen LogP contribution in [-0.4, -0.2) is 54.5 Å². The highest BCUT2D eigenvalue weighted by molar-refractivity contribution is 7.89. The van der Waals surface area contributed by atoms with E-state index in [-0.39, 0.29) is 11.5 Å². The summed E-state index contributed by atoms with van der Waals surface area (Å²) in [7, 11) is -3.61. The van der Waals surface area contributed by atoms with Gasteiger partial charge in [-0.15, -0.1) is 0 Å². The van der Waals surface area contributed by atoms with Gasteiger partial charge in [-0.2, -0.15) is 4.31 Å². The first-order valence-electron chi connectivity index (χ1n) is 10.2. The maximum atomic E-state index is 13.0. The van der Waals surface area contributed by atoms with E-state index in [1.165, 1.54) is 4.31 Å². The van der Waals surface area contributed by atoms with Crippen LogP contribution in [0, 0.1) is 6.92 Å². The third kappa shape index (κ3) is 4.34. The average Bonchev–Trinajstić information content (AvgIpc) is 3.15. The standard InChI is InChI=1S/C22H25N3O5S/c1-3-25-20-9-8-18(31(27,28)24-10-12-29-13-11-24)14-19(20)23-21(25)15-30-22(26)17-6-4-16(2)5-7-17/h4-9,14H,3,10-13,15H2,1-2H3. The fourth-order valence-electron chi connectivity index (χ4n) is 3.62. The van der Waals surface area contributed by atoms with Crippen molar-refractivity contribution in [1.82, 2.24) is 13.9 Å². The summed E-state index contributed by atoms with van der Waals surface area (Å²) in [5.74, 6) is 0.143. The number of aryl methyl sites for hydroxylation is 2. The van der Waals surface area contributed by atoms with Crippen LogP contribution in [0.15, 0.2) is 47.4 Å². The Kier molecular flexibility index (Phi) is 6.08. The number of carbonyl (C=O) groups excluding carboxylic acids is 1. The summed E-state index contributed by atoms with van der Waals surface area (Å²) >= 11 is 0. The molecule has 0 amide bonds. The smallest absolute Gasteiger partial charge is 0.338 e. The Morgan fingerprint density at radius 2 is 1.84 bits per heavy atom. The van der Waals surface area contributed by atoms with Gasteiger partial charge in [0.2, 0.25) is 10.0 Å². The van der Waals surface area contributed by atoms with Crippen LogP contribution in [0.25, 0.3) is 11.0 Å². The van der Waals surface area contributed by atoms with Gasteiger partial charge >= 0.3 is 5.97 Å². The molecule has 1 aliphatic rings.